The summed E-state index contributed by atoms with van der Waals surface area (Å²) >= 11 is 0. The van der Waals surface area contributed by atoms with Crippen LogP contribution in [0.15, 0.2) is 48.5 Å². The molecule has 0 saturated heterocycles. The minimum Gasteiger partial charge on any atom is -0.495 e. The molecule has 0 aliphatic carbocycles. The van der Waals surface area contributed by atoms with Crippen LogP contribution in [0.2, 0.25) is 0 Å². The second-order valence-electron chi connectivity index (χ2n) is 4.32. The Morgan fingerprint density at radius 2 is 1.76 bits per heavy atom. The van der Waals surface area contributed by atoms with Gasteiger partial charge in [0.2, 0.25) is 0 Å². The molecule has 2 N–H and O–H groups in total. The first-order valence-corrected chi connectivity index (χ1v) is 6.30. The monoisotopic (exact) mass is 285 g/mol. The van der Waals surface area contributed by atoms with E-state index in [1.807, 2.05) is 6.07 Å². The molecule has 0 saturated carbocycles. The summed E-state index contributed by atoms with van der Waals surface area (Å²) < 4.78 is 9.99. The maximum Gasteiger partial charge on any atom is 0.338 e. The fourth-order valence-electron chi connectivity index (χ4n) is 1.78. The van der Waals surface area contributed by atoms with Gasteiger partial charge in [-0.15, -0.1) is 0 Å². The number of carbonyl (C=O) groups excluding carboxylic acids is 2. The van der Waals surface area contributed by atoms with Gasteiger partial charge in [-0.1, -0.05) is 30.3 Å². The van der Waals surface area contributed by atoms with E-state index in [4.69, 9.17) is 15.2 Å². The van der Waals surface area contributed by atoms with Crippen LogP contribution in [-0.4, -0.2) is 25.5 Å². The van der Waals surface area contributed by atoms with Crippen LogP contribution in [0.1, 0.15) is 20.7 Å². The van der Waals surface area contributed by atoms with Crippen LogP contribution >= 0.6 is 0 Å². The molecule has 0 radical (unpaired) electrons. The number of anilines is 1. The van der Waals surface area contributed by atoms with Crippen molar-refractivity contribution < 1.29 is 19.1 Å². The Balaban J connectivity index is 1.99. The molecule has 5 heteroatoms. The van der Waals surface area contributed by atoms with E-state index in [2.05, 4.69) is 0 Å². The van der Waals surface area contributed by atoms with Crippen molar-refractivity contribution in [3.63, 3.8) is 0 Å². The van der Waals surface area contributed by atoms with Gasteiger partial charge in [-0.2, -0.15) is 0 Å². The van der Waals surface area contributed by atoms with Crippen LogP contribution in [-0.2, 0) is 4.74 Å². The van der Waals surface area contributed by atoms with Crippen LogP contribution in [0.4, 0.5) is 5.69 Å². The van der Waals surface area contributed by atoms with Crippen molar-refractivity contribution in [1.82, 2.24) is 0 Å². The standard InChI is InChI=1S/C16H15NO4/c1-20-15-8-7-12(9-13(15)17)16(19)21-10-14(18)11-5-3-2-4-6-11/h2-9H,10,17H2,1H3. The normalized spacial score (nSPS) is 9.95. The molecule has 21 heavy (non-hydrogen) atoms. The predicted molar refractivity (Wildman–Crippen MR) is 78.5 cm³/mol. The van der Waals surface area contributed by atoms with E-state index in [1.165, 1.54) is 19.2 Å². The highest BCUT2D eigenvalue weighted by Crippen LogP contribution is 2.22. The van der Waals surface area contributed by atoms with Crippen molar-refractivity contribution in [2.24, 2.45) is 0 Å². The van der Waals surface area contributed by atoms with Crippen molar-refractivity contribution in [3.8, 4) is 5.75 Å². The summed E-state index contributed by atoms with van der Waals surface area (Å²) in [6.45, 7) is -0.311. The molecule has 0 spiro atoms. The van der Waals surface area contributed by atoms with Crippen LogP contribution in [0, 0.1) is 0 Å². The average Bonchev–Trinajstić information content (AvgIpc) is 2.53. The van der Waals surface area contributed by atoms with Crippen molar-refractivity contribution in [2.75, 3.05) is 19.5 Å². The zero-order chi connectivity index (χ0) is 15.2. The van der Waals surface area contributed by atoms with Gasteiger partial charge in [0.1, 0.15) is 5.75 Å². The molecule has 2 aromatic carbocycles. The number of ketones is 1. The summed E-state index contributed by atoms with van der Waals surface area (Å²) in [7, 11) is 1.49. The Morgan fingerprint density at radius 1 is 1.05 bits per heavy atom. The summed E-state index contributed by atoms with van der Waals surface area (Å²) in [4.78, 5) is 23.7. The number of ether oxygens (including phenoxy) is 2. The number of nitrogen functional groups attached to an aromatic ring is 1. The first kappa shape index (κ1) is 14.6. The molecule has 2 rings (SSSR count). The number of carbonyl (C=O) groups is 2. The largest absolute Gasteiger partial charge is 0.495 e. The lowest BCUT2D eigenvalue weighted by Crippen LogP contribution is -2.14. The maximum atomic E-state index is 11.9. The van der Waals surface area contributed by atoms with Crippen LogP contribution in [0.3, 0.4) is 0 Å². The fourth-order valence-corrected chi connectivity index (χ4v) is 1.78. The van der Waals surface area contributed by atoms with Crippen molar-refractivity contribution >= 4 is 17.4 Å². The van der Waals surface area contributed by atoms with Crippen molar-refractivity contribution in [2.45, 2.75) is 0 Å². The molecule has 0 fully saturated rings. The van der Waals surface area contributed by atoms with E-state index in [1.54, 1.807) is 30.3 Å². The number of benzene rings is 2. The van der Waals surface area contributed by atoms with Gasteiger partial charge in [0.25, 0.3) is 0 Å². The Morgan fingerprint density at radius 3 is 2.38 bits per heavy atom. The van der Waals surface area contributed by atoms with Crippen LogP contribution in [0.5, 0.6) is 5.75 Å². The number of esters is 1. The number of rotatable bonds is 5. The Kier molecular flexibility index (Phi) is 4.56. The Labute approximate surface area is 122 Å². The predicted octanol–water partition coefficient (Wildman–Crippen LogP) is 2.32. The summed E-state index contributed by atoms with van der Waals surface area (Å²) in [5, 5.41) is 0. The number of Topliss-reactive ketones (excluding diaryl/α,β-unsaturated/α-hetero) is 1. The topological polar surface area (TPSA) is 78.6 Å². The minimum absolute atomic E-state index is 0.259. The first-order chi connectivity index (χ1) is 10.1. The third-order valence-electron chi connectivity index (χ3n) is 2.90. The van der Waals surface area contributed by atoms with Crippen molar-refractivity contribution in [1.29, 1.82) is 0 Å². The molecule has 0 unspecified atom stereocenters. The molecule has 5 nitrogen and oxygen atoms in total. The lowest BCUT2D eigenvalue weighted by Gasteiger charge is -2.07. The third-order valence-corrected chi connectivity index (χ3v) is 2.90. The van der Waals surface area contributed by atoms with Gasteiger partial charge in [-0.3, -0.25) is 4.79 Å². The summed E-state index contributed by atoms with van der Waals surface area (Å²) in [6.07, 6.45) is 0. The van der Waals surface area contributed by atoms with Gasteiger partial charge in [0, 0.05) is 5.56 Å². The zero-order valence-corrected chi connectivity index (χ0v) is 11.5. The van der Waals surface area contributed by atoms with E-state index in [9.17, 15) is 9.59 Å². The van der Waals surface area contributed by atoms with Crippen LogP contribution in [0.25, 0.3) is 0 Å². The Hall–Kier alpha value is -2.82. The van der Waals surface area contributed by atoms with E-state index < -0.39 is 5.97 Å². The molecule has 2 aromatic rings. The first-order valence-electron chi connectivity index (χ1n) is 6.30. The smallest absolute Gasteiger partial charge is 0.338 e. The van der Waals surface area contributed by atoms with Gasteiger partial charge in [-0.25, -0.2) is 4.79 Å². The number of nitrogens with two attached hydrogens (primary N) is 1. The van der Waals surface area contributed by atoms with E-state index in [0.29, 0.717) is 17.0 Å². The summed E-state index contributed by atoms with van der Waals surface area (Å²) in [5.41, 5.74) is 6.82. The molecule has 0 aliphatic rings. The molecule has 0 aliphatic heterocycles. The lowest BCUT2D eigenvalue weighted by molar-refractivity contribution is 0.0475. The zero-order valence-electron chi connectivity index (χ0n) is 11.5. The molecular formula is C16H15NO4. The summed E-state index contributed by atoms with van der Waals surface area (Å²) in [6, 6.07) is 13.2. The van der Waals surface area contributed by atoms with E-state index in [0.717, 1.165) is 0 Å². The highest BCUT2D eigenvalue weighted by molar-refractivity contribution is 5.99. The Bertz CT molecular complexity index is 653. The van der Waals surface area contributed by atoms with E-state index in [-0.39, 0.29) is 18.0 Å². The summed E-state index contributed by atoms with van der Waals surface area (Å²) in [5.74, 6) is -0.383. The van der Waals surface area contributed by atoms with Crippen LogP contribution < -0.4 is 10.5 Å². The molecule has 0 bridgehead atoms. The highest BCUT2D eigenvalue weighted by Gasteiger charge is 2.13. The van der Waals surface area contributed by atoms with Gasteiger partial charge in [0.05, 0.1) is 18.4 Å². The van der Waals surface area contributed by atoms with Gasteiger partial charge in [-0.05, 0) is 18.2 Å². The quantitative estimate of drug-likeness (QED) is 0.518. The third kappa shape index (κ3) is 3.60. The van der Waals surface area contributed by atoms with Crippen molar-refractivity contribution in [3.05, 3.63) is 59.7 Å². The molecule has 0 atom stereocenters. The number of hydrogen-bond acceptors (Lipinski definition) is 5. The second-order valence-corrected chi connectivity index (χ2v) is 4.32. The second kappa shape index (κ2) is 6.56. The minimum atomic E-state index is -0.603. The SMILES string of the molecule is COc1ccc(C(=O)OCC(=O)c2ccccc2)cc1N. The molecule has 0 amide bonds. The average molecular weight is 285 g/mol. The highest BCUT2D eigenvalue weighted by atomic mass is 16.5. The molecule has 108 valence electrons. The number of methoxy groups -OCH3 is 1. The lowest BCUT2D eigenvalue weighted by atomic mass is 10.1. The van der Waals surface area contributed by atoms with Gasteiger partial charge < -0.3 is 15.2 Å². The molecule has 0 aromatic heterocycles. The van der Waals surface area contributed by atoms with Gasteiger partial charge >= 0.3 is 5.97 Å². The number of hydrogen-bond donors (Lipinski definition) is 1. The molecular weight excluding hydrogens is 270 g/mol. The maximum absolute atomic E-state index is 11.9. The molecule has 0 heterocycles. The fraction of sp³-hybridized carbons (Fsp3) is 0.125. The van der Waals surface area contributed by atoms with E-state index >= 15 is 0 Å². The van der Waals surface area contributed by atoms with Gasteiger partial charge in [0.15, 0.2) is 12.4 Å².